The smallest absolute Gasteiger partial charge is 0.292 e. The fraction of sp³-hybridized carbons (Fsp3) is 0.188. The van der Waals surface area contributed by atoms with Crippen molar-refractivity contribution >= 4 is 40.5 Å². The highest BCUT2D eigenvalue weighted by Crippen LogP contribution is 2.27. The molecule has 2 N–H and O–H groups in total. The molecule has 126 valence electrons. The van der Waals surface area contributed by atoms with Crippen molar-refractivity contribution < 1.29 is 14.6 Å². The number of nitro benzene ring substituents is 1. The van der Waals surface area contributed by atoms with Gasteiger partial charge >= 0.3 is 0 Å². The van der Waals surface area contributed by atoms with Gasteiger partial charge in [0.05, 0.1) is 12.0 Å². The lowest BCUT2D eigenvalue weighted by atomic mass is 10.2. The molecule has 6 nitrogen and oxygen atoms in total. The van der Waals surface area contributed by atoms with Gasteiger partial charge < -0.3 is 10.2 Å². The monoisotopic (exact) mass is 368 g/mol. The van der Waals surface area contributed by atoms with E-state index in [9.17, 15) is 14.9 Å². The quantitative estimate of drug-likeness (QED) is 0.607. The van der Waals surface area contributed by atoms with E-state index in [0.29, 0.717) is 16.6 Å². The van der Waals surface area contributed by atoms with Gasteiger partial charge in [0.2, 0.25) is 0 Å². The van der Waals surface area contributed by atoms with Crippen molar-refractivity contribution in [3.8, 4) is 0 Å². The fourth-order valence-corrected chi connectivity index (χ4v) is 2.64. The van der Waals surface area contributed by atoms with Crippen LogP contribution in [0, 0.1) is 10.1 Å². The van der Waals surface area contributed by atoms with Crippen LogP contribution in [-0.2, 0) is 11.3 Å². The highest BCUT2D eigenvalue weighted by molar-refractivity contribution is 6.31. The molecule has 0 bridgehead atoms. The third kappa shape index (κ3) is 4.92. The number of nitrogens with zero attached hydrogens (tertiary/aromatic N) is 1. The minimum atomic E-state index is -0.563. The van der Waals surface area contributed by atoms with E-state index in [1.165, 1.54) is 18.2 Å². The van der Waals surface area contributed by atoms with Crippen LogP contribution >= 0.6 is 23.2 Å². The Hall–Kier alpha value is -2.15. The summed E-state index contributed by atoms with van der Waals surface area (Å²) in [5.74, 6) is -0.343. The van der Waals surface area contributed by atoms with Crippen LogP contribution in [0.1, 0.15) is 5.56 Å². The van der Waals surface area contributed by atoms with Gasteiger partial charge in [-0.25, -0.2) is 0 Å². The Morgan fingerprint density at radius 1 is 1.25 bits per heavy atom. The van der Waals surface area contributed by atoms with E-state index >= 15 is 0 Å². The maximum atomic E-state index is 12.2. The summed E-state index contributed by atoms with van der Waals surface area (Å²) < 4.78 is 0. The van der Waals surface area contributed by atoms with Crippen LogP contribution in [0.25, 0.3) is 0 Å². The molecule has 0 spiro atoms. The number of rotatable bonds is 6. The number of carbonyl (C=O) groups is 1. The molecule has 0 aliphatic carbocycles. The summed E-state index contributed by atoms with van der Waals surface area (Å²) in [6.07, 6.45) is 0. The van der Waals surface area contributed by atoms with E-state index in [-0.39, 0.29) is 23.8 Å². The third-order valence-electron chi connectivity index (χ3n) is 3.34. The van der Waals surface area contributed by atoms with Gasteiger partial charge in [0.15, 0.2) is 6.54 Å². The maximum absolute atomic E-state index is 12.2. The van der Waals surface area contributed by atoms with E-state index < -0.39 is 4.92 Å². The zero-order chi connectivity index (χ0) is 17.7. The lowest BCUT2D eigenvalue weighted by molar-refractivity contribution is -0.885. The number of benzene rings is 2. The van der Waals surface area contributed by atoms with Crippen molar-refractivity contribution in [1.29, 1.82) is 0 Å². The Kier molecular flexibility index (Phi) is 6.14. The Morgan fingerprint density at radius 3 is 2.62 bits per heavy atom. The standard InChI is InChI=1S/C16H15Cl2N3O3/c1-20(9-11-4-2-3-5-13(11)18)10-16(22)19-14-8-12(17)6-7-15(14)21(23)24/h2-8H,9-10H2,1H3,(H,19,22)/p+1. The predicted molar refractivity (Wildman–Crippen MR) is 93.6 cm³/mol. The second kappa shape index (κ2) is 8.10. The van der Waals surface area contributed by atoms with Gasteiger partial charge in [-0.05, 0) is 18.2 Å². The minimum Gasteiger partial charge on any atom is -0.326 e. The first kappa shape index (κ1) is 18.2. The van der Waals surface area contributed by atoms with Gasteiger partial charge in [-0.1, -0.05) is 41.4 Å². The minimum absolute atomic E-state index is 0.0862. The molecule has 0 aliphatic rings. The number of hydrogen-bond acceptors (Lipinski definition) is 3. The summed E-state index contributed by atoms with van der Waals surface area (Å²) in [4.78, 5) is 23.5. The number of nitrogens with one attached hydrogen (secondary N) is 2. The molecule has 24 heavy (non-hydrogen) atoms. The molecule has 0 aromatic heterocycles. The normalized spacial score (nSPS) is 11.8. The van der Waals surface area contributed by atoms with Gasteiger partial charge in [-0.3, -0.25) is 14.9 Å². The molecule has 0 saturated heterocycles. The number of anilines is 1. The summed E-state index contributed by atoms with van der Waals surface area (Å²) >= 11 is 11.9. The van der Waals surface area contributed by atoms with Gasteiger partial charge in [0, 0.05) is 21.7 Å². The number of carbonyl (C=O) groups excluding carboxylic acids is 1. The Labute approximate surface area is 149 Å². The molecule has 0 radical (unpaired) electrons. The summed E-state index contributed by atoms with van der Waals surface area (Å²) in [7, 11) is 1.84. The van der Waals surface area contributed by atoms with Crippen LogP contribution in [0.5, 0.6) is 0 Å². The number of amides is 1. The second-order valence-electron chi connectivity index (χ2n) is 5.37. The number of likely N-dealkylation sites (N-methyl/N-ethyl adjacent to an activating group) is 1. The molecule has 1 unspecified atom stereocenters. The van der Waals surface area contributed by atoms with Crippen LogP contribution in [0.3, 0.4) is 0 Å². The molecule has 2 aromatic carbocycles. The van der Waals surface area contributed by atoms with E-state index in [1.807, 2.05) is 25.2 Å². The SMILES string of the molecule is C[NH+](CC(=O)Nc1cc(Cl)ccc1[N+](=O)[O-])Cc1ccccc1Cl. The van der Waals surface area contributed by atoms with Crippen molar-refractivity contribution in [2.24, 2.45) is 0 Å². The van der Waals surface area contributed by atoms with Crippen LogP contribution in [0.2, 0.25) is 10.0 Å². The lowest BCUT2D eigenvalue weighted by Gasteiger charge is -2.14. The number of quaternary nitrogens is 1. The third-order valence-corrected chi connectivity index (χ3v) is 3.95. The van der Waals surface area contributed by atoms with E-state index in [0.717, 1.165) is 10.5 Å². The average Bonchev–Trinajstić information content (AvgIpc) is 2.49. The highest BCUT2D eigenvalue weighted by Gasteiger charge is 2.18. The summed E-state index contributed by atoms with van der Waals surface area (Å²) in [6, 6.07) is 11.4. The Morgan fingerprint density at radius 2 is 1.96 bits per heavy atom. The van der Waals surface area contributed by atoms with Gasteiger partial charge in [-0.15, -0.1) is 0 Å². The number of halogens is 2. The number of hydrogen-bond donors (Lipinski definition) is 2. The predicted octanol–water partition coefficient (Wildman–Crippen LogP) is 2.56. The van der Waals surface area contributed by atoms with Crippen LogP contribution in [0.4, 0.5) is 11.4 Å². The number of nitro groups is 1. The molecular weight excluding hydrogens is 353 g/mol. The Bertz CT molecular complexity index is 768. The van der Waals surface area contributed by atoms with Crippen molar-refractivity contribution in [2.75, 3.05) is 18.9 Å². The average molecular weight is 369 g/mol. The lowest BCUT2D eigenvalue weighted by Crippen LogP contribution is -3.08. The van der Waals surface area contributed by atoms with Crippen LogP contribution in [-0.4, -0.2) is 24.4 Å². The van der Waals surface area contributed by atoms with E-state index in [4.69, 9.17) is 23.2 Å². The van der Waals surface area contributed by atoms with Crippen LogP contribution < -0.4 is 10.2 Å². The molecule has 0 saturated carbocycles. The zero-order valence-electron chi connectivity index (χ0n) is 12.9. The molecule has 0 heterocycles. The van der Waals surface area contributed by atoms with Gasteiger partial charge in [-0.2, -0.15) is 0 Å². The zero-order valence-corrected chi connectivity index (χ0v) is 14.4. The molecule has 2 aromatic rings. The molecule has 1 atom stereocenters. The summed E-state index contributed by atoms with van der Waals surface area (Å²) in [5, 5.41) is 14.5. The first-order valence-electron chi connectivity index (χ1n) is 7.15. The van der Waals surface area contributed by atoms with E-state index in [1.54, 1.807) is 6.07 Å². The van der Waals surface area contributed by atoms with Crippen molar-refractivity contribution in [1.82, 2.24) is 0 Å². The largest absolute Gasteiger partial charge is 0.326 e. The summed E-state index contributed by atoms with van der Waals surface area (Å²) in [6.45, 7) is 0.694. The molecule has 2 rings (SSSR count). The molecule has 8 heteroatoms. The maximum Gasteiger partial charge on any atom is 0.292 e. The van der Waals surface area contributed by atoms with Crippen molar-refractivity contribution in [2.45, 2.75) is 6.54 Å². The van der Waals surface area contributed by atoms with Crippen molar-refractivity contribution in [3.05, 3.63) is 68.2 Å². The second-order valence-corrected chi connectivity index (χ2v) is 6.21. The molecule has 0 aliphatic heterocycles. The van der Waals surface area contributed by atoms with Crippen molar-refractivity contribution in [3.63, 3.8) is 0 Å². The molecular formula is C16H16Cl2N3O3+. The Balaban J connectivity index is 2.02. The fourth-order valence-electron chi connectivity index (χ4n) is 2.27. The molecule has 0 fully saturated rings. The van der Waals surface area contributed by atoms with E-state index in [2.05, 4.69) is 5.32 Å². The van der Waals surface area contributed by atoms with Gasteiger partial charge in [0.1, 0.15) is 12.2 Å². The molecule has 1 amide bonds. The van der Waals surface area contributed by atoms with Crippen LogP contribution in [0.15, 0.2) is 42.5 Å². The first-order valence-corrected chi connectivity index (χ1v) is 7.91. The first-order chi connectivity index (χ1) is 11.4. The highest BCUT2D eigenvalue weighted by atomic mass is 35.5. The summed E-state index contributed by atoms with van der Waals surface area (Å²) in [5.41, 5.74) is 0.817. The van der Waals surface area contributed by atoms with Gasteiger partial charge in [0.25, 0.3) is 11.6 Å². The topological polar surface area (TPSA) is 76.7 Å².